The van der Waals surface area contributed by atoms with Gasteiger partial charge in [0.2, 0.25) is 10.0 Å². The van der Waals surface area contributed by atoms with Crippen LogP contribution in [0.5, 0.6) is 0 Å². The van der Waals surface area contributed by atoms with Crippen molar-refractivity contribution in [1.29, 1.82) is 0 Å². The first-order valence-corrected chi connectivity index (χ1v) is 11.0. The SMILES string of the molecule is Cc1ccc2c(CC(=O)OCC(=O)Nc3ccc(Cl)c(S(=O)(=O)N(C)C)c3)coc2c1. The summed E-state index contributed by atoms with van der Waals surface area (Å²) in [4.78, 5) is 24.1. The van der Waals surface area contributed by atoms with Gasteiger partial charge in [0.25, 0.3) is 5.91 Å². The molecule has 0 atom stereocenters. The number of nitrogens with zero attached hydrogens (tertiary/aromatic N) is 1. The Morgan fingerprint density at radius 3 is 2.61 bits per heavy atom. The van der Waals surface area contributed by atoms with E-state index in [9.17, 15) is 18.0 Å². The van der Waals surface area contributed by atoms with Crippen LogP contribution in [0.25, 0.3) is 11.0 Å². The van der Waals surface area contributed by atoms with Crippen molar-refractivity contribution in [2.45, 2.75) is 18.2 Å². The molecule has 1 aromatic heterocycles. The Balaban J connectivity index is 1.60. The van der Waals surface area contributed by atoms with Crippen molar-refractivity contribution in [3.63, 3.8) is 0 Å². The normalized spacial score (nSPS) is 11.6. The molecule has 0 bridgehead atoms. The average molecular weight is 465 g/mol. The number of anilines is 1. The van der Waals surface area contributed by atoms with Gasteiger partial charge in [-0.1, -0.05) is 23.7 Å². The standard InChI is InChI=1S/C21H21ClN2O6S/c1-13-4-6-16-14(11-29-18(16)8-13)9-21(26)30-12-20(25)23-15-5-7-17(22)19(10-15)31(27,28)24(2)3/h4-8,10-11H,9,12H2,1-3H3,(H,23,25). The monoisotopic (exact) mass is 464 g/mol. The molecular formula is C21H21ClN2O6S. The highest BCUT2D eigenvalue weighted by molar-refractivity contribution is 7.89. The second-order valence-electron chi connectivity index (χ2n) is 7.08. The number of halogens is 1. The molecule has 0 saturated carbocycles. The maximum atomic E-state index is 12.3. The molecule has 1 heterocycles. The minimum atomic E-state index is -3.79. The average Bonchev–Trinajstić information content (AvgIpc) is 3.09. The van der Waals surface area contributed by atoms with Gasteiger partial charge in [0.1, 0.15) is 10.5 Å². The Morgan fingerprint density at radius 1 is 1.16 bits per heavy atom. The van der Waals surface area contributed by atoms with Crippen molar-refractivity contribution < 1.29 is 27.2 Å². The molecule has 3 aromatic rings. The number of fused-ring (bicyclic) bond motifs is 1. The van der Waals surface area contributed by atoms with Gasteiger partial charge in [-0.2, -0.15) is 0 Å². The van der Waals surface area contributed by atoms with Gasteiger partial charge < -0.3 is 14.5 Å². The number of carbonyl (C=O) groups is 2. The molecule has 0 radical (unpaired) electrons. The molecule has 164 valence electrons. The number of aryl methyl sites for hydroxylation is 1. The van der Waals surface area contributed by atoms with Crippen LogP contribution in [0.4, 0.5) is 5.69 Å². The highest BCUT2D eigenvalue weighted by Gasteiger charge is 2.21. The van der Waals surface area contributed by atoms with Crippen LogP contribution < -0.4 is 5.32 Å². The van der Waals surface area contributed by atoms with E-state index < -0.39 is 28.5 Å². The highest BCUT2D eigenvalue weighted by Crippen LogP contribution is 2.27. The molecule has 1 N–H and O–H groups in total. The molecule has 0 fully saturated rings. The maximum absolute atomic E-state index is 12.3. The molecule has 31 heavy (non-hydrogen) atoms. The predicted octanol–water partition coefficient (Wildman–Crippen LogP) is 3.37. The van der Waals surface area contributed by atoms with E-state index in [4.69, 9.17) is 20.8 Å². The topological polar surface area (TPSA) is 106 Å². The highest BCUT2D eigenvalue weighted by atomic mass is 35.5. The molecular weight excluding hydrogens is 444 g/mol. The number of carbonyl (C=O) groups excluding carboxylic acids is 2. The van der Waals surface area contributed by atoms with Crippen LogP contribution in [0, 0.1) is 6.92 Å². The van der Waals surface area contributed by atoms with E-state index in [2.05, 4.69) is 5.32 Å². The largest absolute Gasteiger partial charge is 0.464 e. The molecule has 0 aliphatic heterocycles. The summed E-state index contributed by atoms with van der Waals surface area (Å²) in [6.07, 6.45) is 1.45. The first-order chi connectivity index (χ1) is 14.6. The molecule has 0 aliphatic carbocycles. The zero-order valence-corrected chi connectivity index (χ0v) is 18.7. The summed E-state index contributed by atoms with van der Waals surface area (Å²) in [7, 11) is -1.03. The molecule has 0 aliphatic rings. The number of sulfonamides is 1. The van der Waals surface area contributed by atoms with Gasteiger partial charge in [-0.25, -0.2) is 12.7 Å². The van der Waals surface area contributed by atoms with Crippen molar-refractivity contribution in [2.75, 3.05) is 26.0 Å². The quantitative estimate of drug-likeness (QED) is 0.537. The van der Waals surface area contributed by atoms with Crippen molar-refractivity contribution in [2.24, 2.45) is 0 Å². The number of esters is 1. The third-order valence-electron chi connectivity index (χ3n) is 4.48. The fourth-order valence-electron chi connectivity index (χ4n) is 2.85. The van der Waals surface area contributed by atoms with Crippen LogP contribution in [-0.2, 0) is 30.8 Å². The lowest BCUT2D eigenvalue weighted by Gasteiger charge is -2.14. The van der Waals surface area contributed by atoms with E-state index in [1.165, 1.54) is 38.6 Å². The zero-order chi connectivity index (χ0) is 22.8. The number of furan rings is 1. The number of ether oxygens (including phenoxy) is 1. The summed E-state index contributed by atoms with van der Waals surface area (Å²) in [5.41, 5.74) is 2.59. The van der Waals surface area contributed by atoms with E-state index >= 15 is 0 Å². The van der Waals surface area contributed by atoms with Crippen LogP contribution >= 0.6 is 11.6 Å². The Bertz CT molecular complexity index is 1250. The van der Waals surface area contributed by atoms with Gasteiger partial charge in [0.05, 0.1) is 17.7 Å². The Kier molecular flexibility index (Phi) is 6.68. The van der Waals surface area contributed by atoms with Crippen molar-refractivity contribution in [1.82, 2.24) is 4.31 Å². The molecule has 1 amide bonds. The summed E-state index contributed by atoms with van der Waals surface area (Å²) in [5, 5.41) is 3.33. The van der Waals surface area contributed by atoms with Crippen LogP contribution in [-0.4, -0.2) is 45.3 Å². The van der Waals surface area contributed by atoms with Gasteiger partial charge in [0.15, 0.2) is 6.61 Å². The molecule has 0 spiro atoms. The molecule has 3 rings (SSSR count). The van der Waals surface area contributed by atoms with Gasteiger partial charge in [-0.3, -0.25) is 9.59 Å². The van der Waals surface area contributed by atoms with Crippen molar-refractivity contribution in [3.8, 4) is 0 Å². The van der Waals surface area contributed by atoms with Crippen molar-refractivity contribution in [3.05, 3.63) is 58.8 Å². The van der Waals surface area contributed by atoms with Gasteiger partial charge in [0, 0.05) is 30.7 Å². The second kappa shape index (κ2) is 9.09. The predicted molar refractivity (Wildman–Crippen MR) is 117 cm³/mol. The summed E-state index contributed by atoms with van der Waals surface area (Å²) in [6, 6.07) is 9.72. The first kappa shape index (κ1) is 22.8. The Labute approximate surface area is 184 Å². The van der Waals surface area contributed by atoms with Crippen molar-refractivity contribution >= 4 is 50.2 Å². The lowest BCUT2D eigenvalue weighted by molar-refractivity contribution is -0.146. The van der Waals surface area contributed by atoms with Crippen LogP contribution in [0.2, 0.25) is 5.02 Å². The first-order valence-electron chi connectivity index (χ1n) is 9.22. The molecule has 8 nitrogen and oxygen atoms in total. The number of amides is 1. The van der Waals surface area contributed by atoms with Crippen LogP contribution in [0.1, 0.15) is 11.1 Å². The zero-order valence-electron chi connectivity index (χ0n) is 17.1. The van der Waals surface area contributed by atoms with E-state index in [1.807, 2.05) is 25.1 Å². The smallest absolute Gasteiger partial charge is 0.310 e. The number of nitrogens with one attached hydrogen (secondary N) is 1. The summed E-state index contributed by atoms with van der Waals surface area (Å²) >= 11 is 5.99. The molecule has 10 heteroatoms. The summed E-state index contributed by atoms with van der Waals surface area (Å²) < 4.78 is 36.1. The van der Waals surface area contributed by atoms with E-state index in [0.717, 1.165) is 15.3 Å². The summed E-state index contributed by atoms with van der Waals surface area (Å²) in [6.45, 7) is 1.42. The van der Waals surface area contributed by atoms with E-state index in [0.29, 0.717) is 11.1 Å². The fraction of sp³-hybridized carbons (Fsp3) is 0.238. The fourth-order valence-corrected chi connectivity index (χ4v) is 4.25. The minimum Gasteiger partial charge on any atom is -0.464 e. The van der Waals surface area contributed by atoms with Crippen LogP contribution in [0.3, 0.4) is 0 Å². The van der Waals surface area contributed by atoms with Gasteiger partial charge in [-0.15, -0.1) is 0 Å². The van der Waals surface area contributed by atoms with Gasteiger partial charge >= 0.3 is 5.97 Å². The third-order valence-corrected chi connectivity index (χ3v) is 6.78. The second-order valence-corrected chi connectivity index (χ2v) is 9.61. The molecule has 2 aromatic carbocycles. The lowest BCUT2D eigenvalue weighted by Crippen LogP contribution is -2.24. The molecule has 0 saturated heterocycles. The number of rotatable bonds is 7. The minimum absolute atomic E-state index is 0.0284. The summed E-state index contributed by atoms with van der Waals surface area (Å²) in [5.74, 6) is -1.21. The van der Waals surface area contributed by atoms with E-state index in [-0.39, 0.29) is 22.0 Å². The Morgan fingerprint density at radius 2 is 1.90 bits per heavy atom. The van der Waals surface area contributed by atoms with Gasteiger partial charge in [-0.05, 0) is 36.8 Å². The number of hydrogen-bond donors (Lipinski definition) is 1. The van der Waals surface area contributed by atoms with Crippen LogP contribution in [0.15, 0.2) is 52.0 Å². The third kappa shape index (κ3) is 5.25. The number of hydrogen-bond acceptors (Lipinski definition) is 6. The lowest BCUT2D eigenvalue weighted by atomic mass is 10.1. The Hall–Kier alpha value is -2.88. The maximum Gasteiger partial charge on any atom is 0.310 e. The molecule has 0 unspecified atom stereocenters. The number of benzene rings is 2. The van der Waals surface area contributed by atoms with E-state index in [1.54, 1.807) is 0 Å².